The Morgan fingerprint density at radius 1 is 1.19 bits per heavy atom. The normalized spacial score (nSPS) is 11.3. The van der Waals surface area contributed by atoms with Gasteiger partial charge in [-0.1, -0.05) is 41.7 Å². The molecule has 1 amide bonds. The van der Waals surface area contributed by atoms with Crippen molar-refractivity contribution in [2.75, 3.05) is 5.32 Å². The van der Waals surface area contributed by atoms with E-state index in [1.54, 1.807) is 0 Å². The molecule has 0 saturated heterocycles. The molecule has 0 aliphatic carbocycles. The van der Waals surface area contributed by atoms with Crippen LogP contribution < -0.4 is 5.32 Å². The minimum Gasteiger partial charge on any atom is -0.302 e. The minimum absolute atomic E-state index is 0.0176. The summed E-state index contributed by atoms with van der Waals surface area (Å²) in [5.74, 6) is -0.0176. The van der Waals surface area contributed by atoms with E-state index in [1.165, 1.54) is 11.3 Å². The second-order valence-corrected chi connectivity index (χ2v) is 7.50. The van der Waals surface area contributed by atoms with E-state index in [0.717, 1.165) is 37.9 Å². The van der Waals surface area contributed by atoms with Crippen molar-refractivity contribution in [1.82, 2.24) is 14.8 Å². The van der Waals surface area contributed by atoms with E-state index in [9.17, 15) is 4.79 Å². The fraction of sp³-hybridized carbons (Fsp3) is 0.250. The molecular weight excluding hydrogens is 344 g/mol. The Morgan fingerprint density at radius 2 is 2.00 bits per heavy atom. The summed E-state index contributed by atoms with van der Waals surface area (Å²) in [5, 5.41) is 10.3. The van der Waals surface area contributed by atoms with E-state index in [-0.39, 0.29) is 5.91 Å². The molecule has 0 radical (unpaired) electrons. The Kier molecular flexibility index (Phi) is 4.20. The average Bonchev–Trinajstić information content (AvgIpc) is 3.14. The molecule has 26 heavy (non-hydrogen) atoms. The van der Waals surface area contributed by atoms with Gasteiger partial charge in [-0.3, -0.25) is 9.48 Å². The van der Waals surface area contributed by atoms with Crippen LogP contribution in [0.4, 0.5) is 5.13 Å². The van der Waals surface area contributed by atoms with Gasteiger partial charge in [-0.05, 0) is 37.3 Å². The average molecular weight is 364 g/mol. The summed E-state index contributed by atoms with van der Waals surface area (Å²) in [6.07, 6.45) is 1.11. The maximum atomic E-state index is 12.4. The highest BCUT2D eigenvalue weighted by Gasteiger charge is 2.13. The number of carbonyl (C=O) groups excluding carboxylic acids is 1. The summed E-state index contributed by atoms with van der Waals surface area (Å²) in [5.41, 5.74) is 4.20. The minimum atomic E-state index is -0.0176. The highest BCUT2D eigenvalue weighted by molar-refractivity contribution is 7.22. The van der Waals surface area contributed by atoms with Crippen molar-refractivity contribution in [3.63, 3.8) is 0 Å². The zero-order valence-corrected chi connectivity index (χ0v) is 15.9. The van der Waals surface area contributed by atoms with Crippen molar-refractivity contribution < 1.29 is 4.79 Å². The van der Waals surface area contributed by atoms with E-state index >= 15 is 0 Å². The number of hydrogen-bond donors (Lipinski definition) is 1. The second kappa shape index (κ2) is 6.53. The van der Waals surface area contributed by atoms with Gasteiger partial charge in [0.1, 0.15) is 0 Å². The number of benzene rings is 2. The third-order valence-electron chi connectivity index (χ3n) is 4.79. The lowest BCUT2D eigenvalue weighted by atomic mass is 10.1. The number of fused-ring (bicyclic) bond motifs is 3. The van der Waals surface area contributed by atoms with Gasteiger partial charge in [0.15, 0.2) is 5.13 Å². The van der Waals surface area contributed by atoms with E-state index in [4.69, 9.17) is 0 Å². The van der Waals surface area contributed by atoms with E-state index in [0.29, 0.717) is 18.0 Å². The Hall–Kier alpha value is -2.73. The Morgan fingerprint density at radius 3 is 2.77 bits per heavy atom. The van der Waals surface area contributed by atoms with Gasteiger partial charge in [-0.25, -0.2) is 4.98 Å². The van der Waals surface area contributed by atoms with Crippen LogP contribution >= 0.6 is 11.3 Å². The molecule has 0 unspecified atom stereocenters. The summed E-state index contributed by atoms with van der Waals surface area (Å²) < 4.78 is 2.94. The highest BCUT2D eigenvalue weighted by atomic mass is 32.1. The molecule has 0 atom stereocenters. The fourth-order valence-electron chi connectivity index (χ4n) is 3.31. The molecule has 4 rings (SSSR count). The molecule has 0 saturated carbocycles. The molecular formula is C20H20N4OS. The van der Waals surface area contributed by atoms with Crippen LogP contribution in [0.15, 0.2) is 36.4 Å². The van der Waals surface area contributed by atoms with Crippen LogP contribution in [-0.2, 0) is 18.3 Å². The van der Waals surface area contributed by atoms with Crippen LogP contribution in [0.3, 0.4) is 0 Å². The number of nitrogens with zero attached hydrogens (tertiary/aromatic N) is 3. The number of aryl methyl sites for hydroxylation is 2. The van der Waals surface area contributed by atoms with Crippen molar-refractivity contribution in [2.45, 2.75) is 26.7 Å². The van der Waals surface area contributed by atoms with Crippen LogP contribution in [0.5, 0.6) is 0 Å². The molecule has 4 aromatic rings. The maximum absolute atomic E-state index is 12.4. The summed E-state index contributed by atoms with van der Waals surface area (Å²) in [6.45, 7) is 4.02. The van der Waals surface area contributed by atoms with Crippen LogP contribution in [0.1, 0.15) is 23.4 Å². The Bertz CT molecular complexity index is 1130. The topological polar surface area (TPSA) is 59.8 Å². The molecule has 1 N–H and O–H groups in total. The van der Waals surface area contributed by atoms with Crippen LogP contribution in [-0.4, -0.2) is 20.7 Å². The van der Waals surface area contributed by atoms with Crippen LogP contribution in [0.25, 0.3) is 21.0 Å². The molecule has 0 spiro atoms. The van der Waals surface area contributed by atoms with Gasteiger partial charge < -0.3 is 5.32 Å². The van der Waals surface area contributed by atoms with Gasteiger partial charge in [-0.2, -0.15) is 5.10 Å². The molecule has 2 aromatic heterocycles. The monoisotopic (exact) mass is 364 g/mol. The van der Waals surface area contributed by atoms with Crippen molar-refractivity contribution in [3.05, 3.63) is 53.3 Å². The molecule has 0 aliphatic rings. The van der Waals surface area contributed by atoms with Gasteiger partial charge in [0.25, 0.3) is 0 Å². The first-order valence-corrected chi connectivity index (χ1v) is 9.42. The number of thiazole rings is 1. The lowest BCUT2D eigenvalue weighted by molar-refractivity contribution is -0.116. The van der Waals surface area contributed by atoms with E-state index < -0.39 is 0 Å². The number of anilines is 1. The van der Waals surface area contributed by atoms with Crippen molar-refractivity contribution in [1.29, 1.82) is 0 Å². The lowest BCUT2D eigenvalue weighted by Crippen LogP contribution is -2.12. The van der Waals surface area contributed by atoms with Gasteiger partial charge in [-0.15, -0.1) is 0 Å². The van der Waals surface area contributed by atoms with E-state index in [1.807, 2.05) is 37.7 Å². The van der Waals surface area contributed by atoms with Crippen LogP contribution in [0, 0.1) is 13.8 Å². The maximum Gasteiger partial charge on any atom is 0.226 e. The lowest BCUT2D eigenvalue weighted by Gasteiger charge is -2.03. The fourth-order valence-corrected chi connectivity index (χ4v) is 4.21. The number of aromatic nitrogens is 3. The second-order valence-electron chi connectivity index (χ2n) is 6.47. The number of carbonyl (C=O) groups is 1. The summed E-state index contributed by atoms with van der Waals surface area (Å²) >= 11 is 1.51. The third-order valence-corrected chi connectivity index (χ3v) is 5.73. The molecule has 6 heteroatoms. The SMILES string of the molecule is Cc1nn(C)c(C)c1CCC(=O)Nc1nc2c(ccc3ccccc32)s1. The Balaban J connectivity index is 1.51. The number of amides is 1. The largest absolute Gasteiger partial charge is 0.302 e. The van der Waals surface area contributed by atoms with E-state index in [2.05, 4.69) is 39.7 Å². The smallest absolute Gasteiger partial charge is 0.226 e. The number of hydrogen-bond acceptors (Lipinski definition) is 4. The molecule has 0 fully saturated rings. The number of nitrogens with one attached hydrogen (secondary N) is 1. The number of rotatable bonds is 4. The Labute approximate surface area is 155 Å². The molecule has 132 valence electrons. The van der Waals surface area contributed by atoms with Gasteiger partial charge in [0.2, 0.25) is 5.91 Å². The highest BCUT2D eigenvalue weighted by Crippen LogP contribution is 2.31. The summed E-state index contributed by atoms with van der Waals surface area (Å²) in [6, 6.07) is 12.3. The zero-order valence-electron chi connectivity index (χ0n) is 15.0. The van der Waals surface area contributed by atoms with Crippen molar-refractivity contribution in [3.8, 4) is 0 Å². The summed E-state index contributed by atoms with van der Waals surface area (Å²) in [4.78, 5) is 17.0. The predicted molar refractivity (Wildman–Crippen MR) is 107 cm³/mol. The standard InChI is InChI=1S/C20H20N4OS/c1-12-15(13(2)24(3)23-12)9-11-18(25)21-20-22-19-16-7-5-4-6-14(16)8-10-17(19)26-20/h4-8,10H,9,11H2,1-3H3,(H,21,22,25). The zero-order chi connectivity index (χ0) is 18.3. The molecule has 2 heterocycles. The quantitative estimate of drug-likeness (QED) is 0.585. The first-order valence-electron chi connectivity index (χ1n) is 8.60. The van der Waals surface area contributed by atoms with Gasteiger partial charge in [0.05, 0.1) is 15.9 Å². The third kappa shape index (κ3) is 2.97. The molecule has 5 nitrogen and oxygen atoms in total. The van der Waals surface area contributed by atoms with Gasteiger partial charge in [0, 0.05) is 24.5 Å². The van der Waals surface area contributed by atoms with Crippen molar-refractivity contribution >= 4 is 43.4 Å². The predicted octanol–water partition coefficient (Wildman–Crippen LogP) is 4.37. The van der Waals surface area contributed by atoms with Crippen LogP contribution in [0.2, 0.25) is 0 Å². The van der Waals surface area contributed by atoms with Crippen molar-refractivity contribution in [2.24, 2.45) is 7.05 Å². The molecule has 0 aliphatic heterocycles. The first-order chi connectivity index (χ1) is 12.5. The van der Waals surface area contributed by atoms with Gasteiger partial charge >= 0.3 is 0 Å². The molecule has 0 bridgehead atoms. The first kappa shape index (κ1) is 16.7. The molecule has 2 aromatic carbocycles. The summed E-state index contributed by atoms with van der Waals surface area (Å²) in [7, 11) is 1.93.